The number of hydrogen-bond donors (Lipinski definition) is 2. The zero-order valence-electron chi connectivity index (χ0n) is 7.82. The smallest absolute Gasteiger partial charge is 0.275 e. The largest absolute Gasteiger partial charge is 0.319 e. The molecule has 2 aromatic rings. The predicted molar refractivity (Wildman–Crippen MR) is 57.0 cm³/mol. The van der Waals surface area contributed by atoms with Crippen LogP contribution in [0, 0.1) is 0 Å². The SMILES string of the molecule is Cn1c(=O)c(NN)cc2ccccc21. The molecule has 0 unspecified atom stereocenters. The van der Waals surface area contributed by atoms with Crippen LogP contribution in [0.1, 0.15) is 0 Å². The number of aromatic nitrogens is 1. The van der Waals surface area contributed by atoms with Crippen LogP contribution in [0.25, 0.3) is 10.9 Å². The van der Waals surface area contributed by atoms with E-state index < -0.39 is 0 Å². The minimum Gasteiger partial charge on any atom is -0.319 e. The Morgan fingerprint density at radius 2 is 2.07 bits per heavy atom. The van der Waals surface area contributed by atoms with Gasteiger partial charge in [0.1, 0.15) is 5.69 Å². The summed E-state index contributed by atoms with van der Waals surface area (Å²) in [6.07, 6.45) is 0. The van der Waals surface area contributed by atoms with Crippen LogP contribution in [-0.2, 0) is 7.05 Å². The van der Waals surface area contributed by atoms with Gasteiger partial charge in [0.05, 0.1) is 5.52 Å². The Morgan fingerprint density at radius 1 is 1.36 bits per heavy atom. The number of nitrogen functional groups attached to an aromatic ring is 1. The maximum atomic E-state index is 11.6. The molecule has 0 spiro atoms. The number of hydrazine groups is 1. The fourth-order valence-corrected chi connectivity index (χ4v) is 1.53. The van der Waals surface area contributed by atoms with Crippen molar-refractivity contribution < 1.29 is 0 Å². The van der Waals surface area contributed by atoms with Crippen LogP contribution in [0.3, 0.4) is 0 Å². The lowest BCUT2D eigenvalue weighted by Crippen LogP contribution is -2.23. The molecule has 4 nitrogen and oxygen atoms in total. The molecule has 0 aliphatic rings. The predicted octanol–water partition coefficient (Wildman–Crippen LogP) is 0.824. The summed E-state index contributed by atoms with van der Waals surface area (Å²) >= 11 is 0. The lowest BCUT2D eigenvalue weighted by Gasteiger charge is -2.07. The Morgan fingerprint density at radius 3 is 2.79 bits per heavy atom. The van der Waals surface area contributed by atoms with Crippen LogP contribution in [-0.4, -0.2) is 4.57 Å². The number of fused-ring (bicyclic) bond motifs is 1. The Balaban J connectivity index is 2.92. The van der Waals surface area contributed by atoms with Crippen LogP contribution in [0.15, 0.2) is 35.1 Å². The van der Waals surface area contributed by atoms with Crippen molar-refractivity contribution in [2.75, 3.05) is 5.43 Å². The summed E-state index contributed by atoms with van der Waals surface area (Å²) in [5.74, 6) is 5.25. The molecule has 14 heavy (non-hydrogen) atoms. The summed E-state index contributed by atoms with van der Waals surface area (Å²) in [6.45, 7) is 0. The van der Waals surface area contributed by atoms with Gasteiger partial charge in [-0.3, -0.25) is 10.6 Å². The standard InChI is InChI=1S/C10H11N3O/c1-13-9-5-3-2-4-7(9)6-8(12-11)10(13)14/h2-6,12H,11H2,1H3. The third-order valence-corrected chi connectivity index (χ3v) is 2.29. The van der Waals surface area contributed by atoms with Crippen molar-refractivity contribution in [3.8, 4) is 0 Å². The summed E-state index contributed by atoms with van der Waals surface area (Å²) in [5, 5.41) is 0.988. The van der Waals surface area contributed by atoms with Gasteiger partial charge in [-0.25, -0.2) is 0 Å². The van der Waals surface area contributed by atoms with E-state index in [0.29, 0.717) is 5.69 Å². The highest BCUT2D eigenvalue weighted by Crippen LogP contribution is 2.13. The van der Waals surface area contributed by atoms with Gasteiger partial charge in [-0.05, 0) is 12.1 Å². The monoisotopic (exact) mass is 189 g/mol. The molecule has 3 N–H and O–H groups in total. The summed E-state index contributed by atoms with van der Waals surface area (Å²) in [4.78, 5) is 11.6. The number of anilines is 1. The summed E-state index contributed by atoms with van der Waals surface area (Å²) < 4.78 is 1.57. The molecule has 0 saturated carbocycles. The number of nitrogens with two attached hydrogens (primary N) is 1. The van der Waals surface area contributed by atoms with E-state index in [1.54, 1.807) is 17.7 Å². The maximum Gasteiger partial charge on any atom is 0.275 e. The molecule has 0 aliphatic carbocycles. The highest BCUT2D eigenvalue weighted by molar-refractivity contribution is 5.82. The van der Waals surface area contributed by atoms with Crippen LogP contribution in [0.5, 0.6) is 0 Å². The Hall–Kier alpha value is -1.81. The maximum absolute atomic E-state index is 11.6. The summed E-state index contributed by atoms with van der Waals surface area (Å²) in [5.41, 5.74) is 3.58. The fraction of sp³-hybridized carbons (Fsp3) is 0.100. The first-order chi connectivity index (χ1) is 6.74. The molecule has 1 heterocycles. The van der Waals surface area contributed by atoms with Crippen LogP contribution in [0.4, 0.5) is 5.69 Å². The Labute approximate surface area is 80.9 Å². The molecular weight excluding hydrogens is 178 g/mol. The zero-order valence-corrected chi connectivity index (χ0v) is 7.82. The van der Waals surface area contributed by atoms with E-state index >= 15 is 0 Å². The fourth-order valence-electron chi connectivity index (χ4n) is 1.53. The number of nitrogens with one attached hydrogen (secondary N) is 1. The number of pyridine rings is 1. The zero-order chi connectivity index (χ0) is 10.1. The third-order valence-electron chi connectivity index (χ3n) is 2.29. The van der Waals surface area contributed by atoms with Crippen LogP contribution < -0.4 is 16.8 Å². The van der Waals surface area contributed by atoms with Crippen molar-refractivity contribution in [3.63, 3.8) is 0 Å². The number of para-hydroxylation sites is 1. The van der Waals surface area contributed by atoms with E-state index in [9.17, 15) is 4.79 Å². The first kappa shape index (κ1) is 8.77. The van der Waals surface area contributed by atoms with E-state index in [1.807, 2.05) is 24.3 Å². The van der Waals surface area contributed by atoms with Crippen molar-refractivity contribution in [1.29, 1.82) is 0 Å². The van der Waals surface area contributed by atoms with Gasteiger partial charge >= 0.3 is 0 Å². The molecule has 2 rings (SSSR count). The van der Waals surface area contributed by atoms with E-state index in [0.717, 1.165) is 10.9 Å². The molecule has 0 atom stereocenters. The topological polar surface area (TPSA) is 60.0 Å². The van der Waals surface area contributed by atoms with E-state index in [2.05, 4.69) is 5.43 Å². The summed E-state index contributed by atoms with van der Waals surface area (Å²) in [6, 6.07) is 9.41. The molecule has 0 amide bonds. The van der Waals surface area contributed by atoms with Gasteiger partial charge in [-0.2, -0.15) is 0 Å². The van der Waals surface area contributed by atoms with Gasteiger partial charge in [-0.15, -0.1) is 0 Å². The van der Waals surface area contributed by atoms with Crippen molar-refractivity contribution >= 4 is 16.6 Å². The molecule has 72 valence electrons. The highest BCUT2D eigenvalue weighted by Gasteiger charge is 2.03. The lowest BCUT2D eigenvalue weighted by atomic mass is 10.2. The average Bonchev–Trinajstić information content (AvgIpc) is 2.23. The summed E-state index contributed by atoms with van der Waals surface area (Å²) in [7, 11) is 1.73. The van der Waals surface area contributed by atoms with Crippen molar-refractivity contribution in [3.05, 3.63) is 40.7 Å². The molecule has 0 aliphatic heterocycles. The van der Waals surface area contributed by atoms with Gasteiger partial charge in [0, 0.05) is 12.4 Å². The quantitative estimate of drug-likeness (QED) is 0.516. The second-order valence-electron chi connectivity index (χ2n) is 3.13. The number of benzene rings is 1. The third kappa shape index (κ3) is 1.16. The first-order valence-electron chi connectivity index (χ1n) is 4.29. The Kier molecular flexibility index (Phi) is 1.98. The van der Waals surface area contributed by atoms with Crippen molar-refractivity contribution in [2.24, 2.45) is 12.9 Å². The van der Waals surface area contributed by atoms with Crippen molar-refractivity contribution in [1.82, 2.24) is 4.57 Å². The second-order valence-corrected chi connectivity index (χ2v) is 3.13. The van der Waals surface area contributed by atoms with Crippen LogP contribution >= 0.6 is 0 Å². The molecule has 0 radical (unpaired) electrons. The number of hydrogen-bond acceptors (Lipinski definition) is 3. The second kappa shape index (κ2) is 3.16. The van der Waals surface area contributed by atoms with Gasteiger partial charge in [-0.1, -0.05) is 18.2 Å². The number of rotatable bonds is 1. The van der Waals surface area contributed by atoms with Gasteiger partial charge in [0.25, 0.3) is 5.56 Å². The Bertz CT molecular complexity index is 530. The molecule has 0 bridgehead atoms. The molecular formula is C10H11N3O. The van der Waals surface area contributed by atoms with Gasteiger partial charge in [0.15, 0.2) is 0 Å². The minimum atomic E-state index is -0.119. The number of aryl methyl sites for hydroxylation is 1. The first-order valence-corrected chi connectivity index (χ1v) is 4.29. The van der Waals surface area contributed by atoms with E-state index in [4.69, 9.17) is 5.84 Å². The molecule has 0 saturated heterocycles. The highest BCUT2D eigenvalue weighted by atomic mass is 16.1. The van der Waals surface area contributed by atoms with E-state index in [1.165, 1.54) is 0 Å². The lowest BCUT2D eigenvalue weighted by molar-refractivity contribution is 0.906. The van der Waals surface area contributed by atoms with Crippen LogP contribution in [0.2, 0.25) is 0 Å². The van der Waals surface area contributed by atoms with Crippen molar-refractivity contribution in [2.45, 2.75) is 0 Å². The van der Waals surface area contributed by atoms with Gasteiger partial charge in [0.2, 0.25) is 0 Å². The minimum absolute atomic E-state index is 0.119. The molecule has 1 aromatic heterocycles. The van der Waals surface area contributed by atoms with E-state index in [-0.39, 0.29) is 5.56 Å². The molecule has 1 aromatic carbocycles. The average molecular weight is 189 g/mol. The number of nitrogens with zero attached hydrogens (tertiary/aromatic N) is 1. The molecule has 4 heteroatoms. The normalized spacial score (nSPS) is 10.4. The molecule has 0 fully saturated rings. The van der Waals surface area contributed by atoms with Gasteiger partial charge < -0.3 is 9.99 Å².